The fourth-order valence-electron chi connectivity index (χ4n) is 7.34. The van der Waals surface area contributed by atoms with E-state index < -0.39 is 15.8 Å². The molecule has 4 atom stereocenters. The maximum absolute atomic E-state index is 2.59. The number of rotatable bonds is 2. The second-order valence-electron chi connectivity index (χ2n) is 12.4. The van der Waals surface area contributed by atoms with Gasteiger partial charge in [-0.25, -0.2) is 0 Å². The fourth-order valence-corrected chi connectivity index (χ4v) is 14.8. The average molecular weight is 549 g/mol. The third kappa shape index (κ3) is 5.67. The van der Waals surface area contributed by atoms with E-state index in [0.717, 1.165) is 6.42 Å². The number of benzene rings is 4. The predicted octanol–water partition coefficient (Wildman–Crippen LogP) is 8.32. The van der Waals surface area contributed by atoms with Crippen LogP contribution in [0.1, 0.15) is 70.2 Å². The summed E-state index contributed by atoms with van der Waals surface area (Å²) in [5.41, 5.74) is 12.8. The summed E-state index contributed by atoms with van der Waals surface area (Å²) in [6.45, 7) is 13.8. The molecular formula is C37H42P2. The van der Waals surface area contributed by atoms with Crippen molar-refractivity contribution in [2.75, 3.05) is 0 Å². The highest BCUT2D eigenvalue weighted by molar-refractivity contribution is 7.77. The van der Waals surface area contributed by atoms with Gasteiger partial charge in [0.15, 0.2) is 0 Å². The van der Waals surface area contributed by atoms with Crippen molar-refractivity contribution in [3.8, 4) is 0 Å². The molecule has 200 valence electrons. The highest BCUT2D eigenvalue weighted by Gasteiger charge is 2.40. The molecule has 1 heterocycles. The van der Waals surface area contributed by atoms with Gasteiger partial charge in [-0.05, 0) is 120 Å². The van der Waals surface area contributed by atoms with Crippen molar-refractivity contribution >= 4 is 37.1 Å². The van der Waals surface area contributed by atoms with Crippen molar-refractivity contribution in [2.24, 2.45) is 0 Å². The Kier molecular flexibility index (Phi) is 7.57. The molecule has 39 heavy (non-hydrogen) atoms. The monoisotopic (exact) mass is 548 g/mol. The molecule has 4 bridgehead atoms. The predicted molar refractivity (Wildman–Crippen MR) is 175 cm³/mol. The zero-order valence-electron chi connectivity index (χ0n) is 24.5. The minimum absolute atomic E-state index is 0.475. The number of hydrogen-bond acceptors (Lipinski definition) is 0. The summed E-state index contributed by atoms with van der Waals surface area (Å²) < 4.78 is 0. The van der Waals surface area contributed by atoms with E-state index in [1.807, 2.05) is 0 Å². The number of fused-ring (bicyclic) bond motifs is 5. The van der Waals surface area contributed by atoms with Gasteiger partial charge in [-0.2, -0.15) is 0 Å². The molecule has 2 aliphatic rings. The van der Waals surface area contributed by atoms with Gasteiger partial charge >= 0.3 is 0 Å². The van der Waals surface area contributed by atoms with E-state index in [0.29, 0.717) is 11.3 Å². The van der Waals surface area contributed by atoms with Crippen molar-refractivity contribution in [1.29, 1.82) is 0 Å². The third-order valence-electron chi connectivity index (χ3n) is 8.53. The lowest BCUT2D eigenvalue weighted by Crippen LogP contribution is -2.37. The zero-order chi connectivity index (χ0) is 27.3. The summed E-state index contributed by atoms with van der Waals surface area (Å²) in [5.74, 6) is 0. The Bertz CT molecular complexity index is 1380. The molecule has 1 fully saturated rings. The van der Waals surface area contributed by atoms with Gasteiger partial charge in [-0.15, -0.1) is 0 Å². The Morgan fingerprint density at radius 3 is 1.08 bits per heavy atom. The lowest BCUT2D eigenvalue weighted by molar-refractivity contribution is 0.521. The van der Waals surface area contributed by atoms with Gasteiger partial charge in [0.25, 0.3) is 0 Å². The van der Waals surface area contributed by atoms with Crippen molar-refractivity contribution in [2.45, 2.75) is 85.0 Å². The maximum Gasteiger partial charge on any atom is -0.00251 e. The van der Waals surface area contributed by atoms with E-state index in [1.54, 1.807) is 21.2 Å². The van der Waals surface area contributed by atoms with E-state index >= 15 is 0 Å². The SMILES string of the molecule is Cc1cc(C)cc(P2c3cc(C)cc(c3)Cc3cc(C)cc(c3)P(c3cc(C)cc(C)c3)[C@@H]3CCCC[C@H]32)c1. The first-order chi connectivity index (χ1) is 18.7. The molecule has 6 rings (SSSR count). The molecule has 0 spiro atoms. The fraction of sp³-hybridized carbons (Fsp3) is 0.351. The van der Waals surface area contributed by atoms with Crippen LogP contribution in [0.3, 0.4) is 0 Å². The minimum Gasteiger partial charge on any atom is -0.0563 e. The molecule has 1 aliphatic heterocycles. The van der Waals surface area contributed by atoms with Gasteiger partial charge in [-0.3, -0.25) is 0 Å². The highest BCUT2D eigenvalue weighted by atomic mass is 31.1. The normalized spacial score (nSPS) is 22.6. The molecule has 2 heteroatoms. The van der Waals surface area contributed by atoms with E-state index in [9.17, 15) is 0 Å². The van der Waals surface area contributed by atoms with Gasteiger partial charge in [-0.1, -0.05) is 119 Å². The third-order valence-corrected chi connectivity index (χ3v) is 14.6. The van der Waals surface area contributed by atoms with Gasteiger partial charge in [0, 0.05) is 0 Å². The Labute approximate surface area is 238 Å². The minimum atomic E-state index is -0.475. The maximum atomic E-state index is 2.59. The summed E-state index contributed by atoms with van der Waals surface area (Å²) >= 11 is 0. The average Bonchev–Trinajstić information content (AvgIpc) is 2.84. The molecule has 2 unspecified atom stereocenters. The molecule has 0 radical (unpaired) electrons. The van der Waals surface area contributed by atoms with E-state index in [4.69, 9.17) is 0 Å². The summed E-state index contributed by atoms with van der Waals surface area (Å²) in [4.78, 5) is 0. The second kappa shape index (κ2) is 11.0. The number of hydrogen-bond donors (Lipinski definition) is 0. The van der Waals surface area contributed by atoms with Crippen molar-refractivity contribution in [1.82, 2.24) is 0 Å². The molecular weight excluding hydrogens is 506 g/mol. The Balaban J connectivity index is 1.65. The molecule has 4 aromatic carbocycles. The van der Waals surface area contributed by atoms with Crippen LogP contribution in [-0.2, 0) is 6.42 Å². The van der Waals surface area contributed by atoms with Crippen LogP contribution in [0.25, 0.3) is 0 Å². The Morgan fingerprint density at radius 1 is 0.410 bits per heavy atom. The Hall–Kier alpha value is -2.26. The van der Waals surface area contributed by atoms with Crippen LogP contribution < -0.4 is 21.2 Å². The molecule has 0 N–H and O–H groups in total. The van der Waals surface area contributed by atoms with Gasteiger partial charge in [0.1, 0.15) is 0 Å². The molecule has 1 saturated carbocycles. The molecule has 1 aliphatic carbocycles. The van der Waals surface area contributed by atoms with Crippen LogP contribution in [0, 0.1) is 41.5 Å². The van der Waals surface area contributed by atoms with E-state index in [-0.39, 0.29) is 0 Å². The highest BCUT2D eigenvalue weighted by Crippen LogP contribution is 2.57. The second-order valence-corrected chi connectivity index (χ2v) is 17.3. The topological polar surface area (TPSA) is 0 Å². The van der Waals surface area contributed by atoms with Crippen LogP contribution in [0.4, 0.5) is 0 Å². The van der Waals surface area contributed by atoms with Gasteiger partial charge < -0.3 is 0 Å². The van der Waals surface area contributed by atoms with Crippen LogP contribution >= 0.6 is 15.8 Å². The first kappa shape index (κ1) is 26.9. The molecule has 0 saturated heterocycles. The Morgan fingerprint density at radius 2 is 0.718 bits per heavy atom. The summed E-state index contributed by atoms with van der Waals surface area (Å²) in [7, 11) is -0.950. The summed E-state index contributed by atoms with van der Waals surface area (Å²) in [6, 6.07) is 29.9. The molecule has 0 nitrogen and oxygen atoms in total. The molecule has 4 aromatic rings. The molecule has 0 amide bonds. The van der Waals surface area contributed by atoms with Gasteiger partial charge in [0.2, 0.25) is 0 Å². The van der Waals surface area contributed by atoms with Crippen molar-refractivity contribution < 1.29 is 0 Å². The lowest BCUT2D eigenvalue weighted by atomic mass is 9.99. The first-order valence-electron chi connectivity index (χ1n) is 14.7. The van der Waals surface area contributed by atoms with Gasteiger partial charge in [0.05, 0.1) is 0 Å². The summed E-state index contributed by atoms with van der Waals surface area (Å²) in [6.07, 6.45) is 6.42. The quantitative estimate of drug-likeness (QED) is 0.221. The van der Waals surface area contributed by atoms with E-state index in [1.165, 1.54) is 70.2 Å². The summed E-state index contributed by atoms with van der Waals surface area (Å²) in [5, 5.41) is 6.38. The van der Waals surface area contributed by atoms with Crippen LogP contribution in [-0.4, -0.2) is 11.3 Å². The van der Waals surface area contributed by atoms with Crippen LogP contribution in [0.5, 0.6) is 0 Å². The standard InChI is InChI=1S/C37H42P2/c1-24-11-25(2)16-32(15-24)38-34-19-28(5)13-30(22-34)21-31-14-29(6)20-35(23-31)39(37-10-8-7-9-36(37)38)33-17-26(3)12-27(4)18-33/h11-20,22-23,36-37H,7-10,21H2,1-6H3/t36-,37-,38?,39?/m1/s1. The lowest BCUT2D eigenvalue weighted by Gasteiger charge is -2.43. The van der Waals surface area contributed by atoms with Crippen molar-refractivity contribution in [3.63, 3.8) is 0 Å². The number of aryl methyl sites for hydroxylation is 6. The largest absolute Gasteiger partial charge is 0.0563 e. The zero-order valence-corrected chi connectivity index (χ0v) is 26.3. The molecule has 0 aromatic heterocycles. The van der Waals surface area contributed by atoms with Crippen LogP contribution in [0.2, 0.25) is 0 Å². The van der Waals surface area contributed by atoms with Crippen LogP contribution in [0.15, 0.2) is 72.8 Å². The van der Waals surface area contributed by atoms with E-state index in [2.05, 4.69) is 114 Å². The first-order valence-corrected chi connectivity index (χ1v) is 17.5. The van der Waals surface area contributed by atoms with Crippen molar-refractivity contribution in [3.05, 3.63) is 117 Å². The smallest absolute Gasteiger partial charge is 0.00251 e.